The standard InChI is InChI=1S/C20H21F4N5O2/c21-14-5-7-15(8-6-14)29-17(20(22,23)24)16(25-26-29)19(31)28-11-9-27(10-12-28)18(30)13-3-1-2-4-13/h5-8,13H,1-4,9-12H2. The van der Waals surface area contributed by atoms with Crippen LogP contribution in [0.1, 0.15) is 41.9 Å². The van der Waals surface area contributed by atoms with Gasteiger partial charge in [0.25, 0.3) is 5.91 Å². The van der Waals surface area contributed by atoms with E-state index >= 15 is 0 Å². The van der Waals surface area contributed by atoms with Crippen LogP contribution in [0.25, 0.3) is 5.69 Å². The summed E-state index contributed by atoms with van der Waals surface area (Å²) in [5.74, 6) is -1.44. The van der Waals surface area contributed by atoms with E-state index in [0.29, 0.717) is 4.68 Å². The third kappa shape index (κ3) is 4.26. The zero-order valence-corrected chi connectivity index (χ0v) is 16.6. The summed E-state index contributed by atoms with van der Waals surface area (Å²) in [5, 5.41) is 7.01. The Bertz CT molecular complexity index is 959. The first-order chi connectivity index (χ1) is 14.8. The summed E-state index contributed by atoms with van der Waals surface area (Å²) in [7, 11) is 0. The first-order valence-corrected chi connectivity index (χ1v) is 10.1. The maximum Gasteiger partial charge on any atom is 0.435 e. The first kappa shape index (κ1) is 21.3. The lowest BCUT2D eigenvalue weighted by Gasteiger charge is -2.35. The first-order valence-electron chi connectivity index (χ1n) is 10.1. The van der Waals surface area contributed by atoms with Gasteiger partial charge in [-0.1, -0.05) is 18.1 Å². The van der Waals surface area contributed by atoms with Gasteiger partial charge in [0.1, 0.15) is 5.82 Å². The fourth-order valence-corrected chi connectivity index (χ4v) is 4.15. The Morgan fingerprint density at radius 2 is 1.52 bits per heavy atom. The van der Waals surface area contributed by atoms with Crippen LogP contribution in [0.2, 0.25) is 0 Å². The van der Waals surface area contributed by atoms with Gasteiger partial charge < -0.3 is 9.80 Å². The molecule has 0 spiro atoms. The number of halogens is 4. The van der Waals surface area contributed by atoms with Crippen molar-refractivity contribution < 1.29 is 27.2 Å². The number of piperazine rings is 1. The Morgan fingerprint density at radius 3 is 2.10 bits per heavy atom. The molecule has 31 heavy (non-hydrogen) atoms. The molecule has 4 rings (SSSR count). The van der Waals surface area contributed by atoms with E-state index in [1.54, 1.807) is 4.90 Å². The van der Waals surface area contributed by atoms with Crippen LogP contribution in [0.4, 0.5) is 17.6 Å². The van der Waals surface area contributed by atoms with Crippen molar-refractivity contribution in [2.45, 2.75) is 31.9 Å². The number of alkyl halides is 3. The normalized spacial score (nSPS) is 17.9. The lowest BCUT2D eigenvalue weighted by molar-refractivity contribution is -0.143. The van der Waals surface area contributed by atoms with E-state index < -0.39 is 29.3 Å². The number of amides is 2. The van der Waals surface area contributed by atoms with Gasteiger partial charge in [-0.2, -0.15) is 13.2 Å². The van der Waals surface area contributed by atoms with E-state index in [1.165, 1.54) is 4.90 Å². The SMILES string of the molecule is O=C(c1nnn(-c2ccc(F)cc2)c1C(F)(F)F)N1CCN(C(=O)C2CCCC2)CC1. The maximum absolute atomic E-state index is 13.8. The number of carbonyl (C=O) groups is 2. The van der Waals surface area contributed by atoms with E-state index in [1.807, 2.05) is 0 Å². The molecule has 1 aromatic carbocycles. The Morgan fingerprint density at radius 1 is 0.935 bits per heavy atom. The molecule has 0 bridgehead atoms. The third-order valence-electron chi connectivity index (χ3n) is 5.80. The molecule has 2 aromatic rings. The van der Waals surface area contributed by atoms with Crippen LogP contribution in [0.15, 0.2) is 24.3 Å². The molecule has 11 heteroatoms. The van der Waals surface area contributed by atoms with Gasteiger partial charge in [0.2, 0.25) is 5.91 Å². The molecule has 2 aliphatic rings. The molecule has 2 heterocycles. The van der Waals surface area contributed by atoms with Crippen molar-refractivity contribution in [2.24, 2.45) is 5.92 Å². The average molecular weight is 439 g/mol. The van der Waals surface area contributed by atoms with Crippen molar-refractivity contribution in [1.82, 2.24) is 24.8 Å². The highest BCUT2D eigenvalue weighted by molar-refractivity contribution is 5.94. The molecule has 0 radical (unpaired) electrons. The third-order valence-corrected chi connectivity index (χ3v) is 5.80. The van der Waals surface area contributed by atoms with Gasteiger partial charge in [0.05, 0.1) is 5.69 Å². The quantitative estimate of drug-likeness (QED) is 0.690. The Labute approximate surface area is 175 Å². The molecular formula is C20H21F4N5O2. The summed E-state index contributed by atoms with van der Waals surface area (Å²) >= 11 is 0. The molecule has 0 unspecified atom stereocenters. The minimum atomic E-state index is -4.90. The molecule has 0 atom stereocenters. The van der Waals surface area contributed by atoms with Gasteiger partial charge in [-0.15, -0.1) is 5.10 Å². The predicted molar refractivity (Wildman–Crippen MR) is 101 cm³/mol. The van der Waals surface area contributed by atoms with Crippen molar-refractivity contribution in [1.29, 1.82) is 0 Å². The number of hydrogen-bond donors (Lipinski definition) is 0. The van der Waals surface area contributed by atoms with Gasteiger partial charge in [-0.3, -0.25) is 9.59 Å². The molecule has 7 nitrogen and oxygen atoms in total. The summed E-state index contributed by atoms with van der Waals surface area (Å²) in [4.78, 5) is 28.3. The molecule has 1 saturated carbocycles. The summed E-state index contributed by atoms with van der Waals surface area (Å²) in [6.07, 6.45) is -1.13. The second-order valence-electron chi connectivity index (χ2n) is 7.77. The number of benzene rings is 1. The van der Waals surface area contributed by atoms with Gasteiger partial charge in [0.15, 0.2) is 11.4 Å². The van der Waals surface area contributed by atoms with Crippen LogP contribution in [0.5, 0.6) is 0 Å². The van der Waals surface area contributed by atoms with Crippen molar-refractivity contribution in [3.63, 3.8) is 0 Å². The minimum absolute atomic E-state index is 0.00897. The van der Waals surface area contributed by atoms with Crippen molar-refractivity contribution in [3.05, 3.63) is 41.5 Å². The fourth-order valence-electron chi connectivity index (χ4n) is 4.15. The topological polar surface area (TPSA) is 71.3 Å². The minimum Gasteiger partial charge on any atom is -0.339 e. The van der Waals surface area contributed by atoms with Crippen LogP contribution >= 0.6 is 0 Å². The second kappa shape index (κ2) is 8.27. The van der Waals surface area contributed by atoms with Crippen LogP contribution in [-0.4, -0.2) is 62.8 Å². The zero-order valence-electron chi connectivity index (χ0n) is 16.6. The van der Waals surface area contributed by atoms with Gasteiger partial charge >= 0.3 is 6.18 Å². The van der Waals surface area contributed by atoms with Gasteiger partial charge in [-0.25, -0.2) is 9.07 Å². The van der Waals surface area contributed by atoms with Crippen LogP contribution in [0.3, 0.4) is 0 Å². The van der Waals surface area contributed by atoms with E-state index in [9.17, 15) is 27.2 Å². The van der Waals surface area contributed by atoms with E-state index in [0.717, 1.165) is 49.9 Å². The molecular weight excluding hydrogens is 418 g/mol. The summed E-state index contributed by atoms with van der Waals surface area (Å²) in [5.41, 5.74) is -2.19. The lowest BCUT2D eigenvalue weighted by Crippen LogP contribution is -2.52. The molecule has 1 aliphatic carbocycles. The predicted octanol–water partition coefficient (Wildman–Crippen LogP) is 2.90. The molecule has 2 fully saturated rings. The van der Waals surface area contributed by atoms with Crippen molar-refractivity contribution in [3.8, 4) is 5.69 Å². The monoisotopic (exact) mass is 439 g/mol. The maximum atomic E-state index is 13.8. The molecule has 1 saturated heterocycles. The number of carbonyl (C=O) groups excluding carboxylic acids is 2. The number of nitrogens with zero attached hydrogens (tertiary/aromatic N) is 5. The summed E-state index contributed by atoms with van der Waals surface area (Å²) in [6.45, 7) is 0.791. The number of rotatable bonds is 3. The summed E-state index contributed by atoms with van der Waals surface area (Å²) < 4.78 is 55.0. The Hall–Kier alpha value is -2.98. The second-order valence-corrected chi connectivity index (χ2v) is 7.77. The number of aromatic nitrogens is 3. The summed E-state index contributed by atoms with van der Waals surface area (Å²) in [6, 6.07) is 4.25. The smallest absolute Gasteiger partial charge is 0.339 e. The highest BCUT2D eigenvalue weighted by Crippen LogP contribution is 2.33. The van der Waals surface area contributed by atoms with Crippen LogP contribution in [-0.2, 0) is 11.0 Å². The van der Waals surface area contributed by atoms with E-state index in [4.69, 9.17) is 0 Å². The molecule has 2 amide bonds. The van der Waals surface area contributed by atoms with Crippen LogP contribution in [0, 0.1) is 11.7 Å². The zero-order chi connectivity index (χ0) is 22.2. The molecule has 1 aliphatic heterocycles. The molecule has 0 N–H and O–H groups in total. The van der Waals surface area contributed by atoms with Gasteiger partial charge in [-0.05, 0) is 37.1 Å². The Kier molecular flexibility index (Phi) is 5.67. The molecule has 1 aromatic heterocycles. The lowest BCUT2D eigenvalue weighted by atomic mass is 10.1. The molecule has 166 valence electrons. The van der Waals surface area contributed by atoms with Gasteiger partial charge in [0, 0.05) is 32.1 Å². The highest BCUT2D eigenvalue weighted by Gasteiger charge is 2.43. The van der Waals surface area contributed by atoms with Crippen molar-refractivity contribution >= 4 is 11.8 Å². The average Bonchev–Trinajstić information content (AvgIpc) is 3.43. The van der Waals surface area contributed by atoms with E-state index in [-0.39, 0.29) is 43.7 Å². The Balaban J connectivity index is 1.52. The number of hydrogen-bond acceptors (Lipinski definition) is 4. The van der Waals surface area contributed by atoms with Crippen LogP contribution < -0.4 is 0 Å². The highest BCUT2D eigenvalue weighted by atomic mass is 19.4. The largest absolute Gasteiger partial charge is 0.435 e. The van der Waals surface area contributed by atoms with E-state index in [2.05, 4.69) is 10.3 Å². The fraction of sp³-hybridized carbons (Fsp3) is 0.500. The van der Waals surface area contributed by atoms with Crippen molar-refractivity contribution in [2.75, 3.05) is 26.2 Å².